The number of H-pyrrole nitrogens is 1. The lowest BCUT2D eigenvalue weighted by Gasteiger charge is -2.06. The van der Waals surface area contributed by atoms with E-state index in [-0.39, 0.29) is 0 Å². The van der Waals surface area contributed by atoms with E-state index >= 15 is 0 Å². The van der Waals surface area contributed by atoms with Crippen molar-refractivity contribution in [1.82, 2.24) is 9.97 Å². The van der Waals surface area contributed by atoms with Gasteiger partial charge in [-0.2, -0.15) is 0 Å². The number of halogens is 1. The molecule has 76 valence electrons. The molecule has 3 nitrogen and oxygen atoms in total. The van der Waals surface area contributed by atoms with Crippen molar-refractivity contribution in [3.63, 3.8) is 0 Å². The molecular weight excluding hydrogens is 264 g/mol. The Bertz CT molecular complexity index is 373. The smallest absolute Gasteiger partial charge is 0.120 e. The summed E-state index contributed by atoms with van der Waals surface area (Å²) in [6, 6.07) is 0. The number of aromatic amines is 1. The SMILES string of the molecule is S=c1[nH]c(CC2CCOC2)ncc1Br. The third kappa shape index (κ3) is 2.40. The van der Waals surface area contributed by atoms with Crippen LogP contribution in [0.1, 0.15) is 12.2 Å². The monoisotopic (exact) mass is 274 g/mol. The normalized spacial score (nSPS) is 21.4. The molecule has 14 heavy (non-hydrogen) atoms. The predicted octanol–water partition coefficient (Wildman–Crippen LogP) is 2.48. The highest BCUT2D eigenvalue weighted by Crippen LogP contribution is 2.17. The fourth-order valence-electron chi connectivity index (χ4n) is 1.54. The van der Waals surface area contributed by atoms with Crippen LogP contribution in [0.5, 0.6) is 0 Å². The summed E-state index contributed by atoms with van der Waals surface area (Å²) in [5.41, 5.74) is 0. The van der Waals surface area contributed by atoms with Gasteiger partial charge in [0.05, 0.1) is 4.47 Å². The first-order valence-corrected chi connectivity index (χ1v) is 5.77. The summed E-state index contributed by atoms with van der Waals surface area (Å²) in [4.78, 5) is 7.38. The molecule has 0 amide bonds. The van der Waals surface area contributed by atoms with Crippen LogP contribution in [0.4, 0.5) is 0 Å². The minimum atomic E-state index is 0.592. The molecule has 0 saturated carbocycles. The number of aromatic nitrogens is 2. The van der Waals surface area contributed by atoms with Gasteiger partial charge in [0.25, 0.3) is 0 Å². The van der Waals surface area contributed by atoms with Crippen LogP contribution in [0.15, 0.2) is 10.7 Å². The summed E-state index contributed by atoms with van der Waals surface area (Å²) in [6.07, 6.45) is 3.80. The average Bonchev–Trinajstić information content (AvgIpc) is 2.64. The molecule has 1 saturated heterocycles. The molecule has 0 spiro atoms. The standard InChI is InChI=1S/C9H11BrN2OS/c10-7-4-11-8(12-9(7)14)3-6-1-2-13-5-6/h4,6H,1-3,5H2,(H,11,12,14). The molecule has 1 unspecified atom stereocenters. The largest absolute Gasteiger partial charge is 0.381 e. The number of hydrogen-bond acceptors (Lipinski definition) is 3. The molecule has 5 heteroatoms. The van der Waals surface area contributed by atoms with E-state index in [9.17, 15) is 0 Å². The lowest BCUT2D eigenvalue weighted by molar-refractivity contribution is 0.185. The van der Waals surface area contributed by atoms with Gasteiger partial charge in [0, 0.05) is 25.8 Å². The minimum absolute atomic E-state index is 0.592. The van der Waals surface area contributed by atoms with E-state index in [1.165, 1.54) is 0 Å². The van der Waals surface area contributed by atoms with Crippen LogP contribution < -0.4 is 0 Å². The van der Waals surface area contributed by atoms with Crippen molar-refractivity contribution in [3.05, 3.63) is 21.1 Å². The maximum Gasteiger partial charge on any atom is 0.120 e. The highest BCUT2D eigenvalue weighted by atomic mass is 79.9. The lowest BCUT2D eigenvalue weighted by atomic mass is 10.1. The van der Waals surface area contributed by atoms with Crippen LogP contribution in [-0.2, 0) is 11.2 Å². The Hall–Kier alpha value is -0.260. The fourth-order valence-corrected chi connectivity index (χ4v) is 1.91. The Kier molecular flexibility index (Phi) is 3.30. The van der Waals surface area contributed by atoms with E-state index in [4.69, 9.17) is 17.0 Å². The van der Waals surface area contributed by atoms with Crippen molar-refractivity contribution in [3.8, 4) is 0 Å². The van der Waals surface area contributed by atoms with Gasteiger partial charge in [0.1, 0.15) is 10.5 Å². The van der Waals surface area contributed by atoms with Crippen molar-refractivity contribution >= 4 is 28.1 Å². The molecule has 0 aliphatic carbocycles. The fraction of sp³-hybridized carbons (Fsp3) is 0.556. The maximum atomic E-state index is 5.31. The third-order valence-electron chi connectivity index (χ3n) is 2.31. The van der Waals surface area contributed by atoms with Gasteiger partial charge in [-0.3, -0.25) is 0 Å². The number of nitrogens with zero attached hydrogens (tertiary/aromatic N) is 1. The van der Waals surface area contributed by atoms with Crippen molar-refractivity contribution in [2.75, 3.05) is 13.2 Å². The highest BCUT2D eigenvalue weighted by molar-refractivity contribution is 9.10. The van der Waals surface area contributed by atoms with Crippen molar-refractivity contribution < 1.29 is 4.74 Å². The topological polar surface area (TPSA) is 37.9 Å². The summed E-state index contributed by atoms with van der Waals surface area (Å²) in [5.74, 6) is 1.54. The van der Waals surface area contributed by atoms with E-state index in [1.54, 1.807) is 6.20 Å². The Morgan fingerprint density at radius 3 is 3.21 bits per heavy atom. The molecular formula is C9H11BrN2OS. The molecule has 2 heterocycles. The lowest BCUT2D eigenvalue weighted by Crippen LogP contribution is -2.07. The Morgan fingerprint density at radius 2 is 2.57 bits per heavy atom. The summed E-state index contributed by atoms with van der Waals surface area (Å²) in [7, 11) is 0. The number of nitrogens with one attached hydrogen (secondary N) is 1. The second kappa shape index (κ2) is 4.51. The van der Waals surface area contributed by atoms with E-state index in [0.29, 0.717) is 10.6 Å². The quantitative estimate of drug-likeness (QED) is 0.843. The molecule has 2 rings (SSSR count). The first kappa shape index (κ1) is 10.3. The summed E-state index contributed by atoms with van der Waals surface area (Å²) >= 11 is 8.43. The van der Waals surface area contributed by atoms with Crippen molar-refractivity contribution in [2.45, 2.75) is 12.8 Å². The van der Waals surface area contributed by atoms with E-state index in [1.807, 2.05) is 0 Å². The molecule has 0 radical (unpaired) electrons. The number of hydrogen-bond donors (Lipinski definition) is 1. The van der Waals surface area contributed by atoms with Crippen molar-refractivity contribution in [2.24, 2.45) is 5.92 Å². The summed E-state index contributed by atoms with van der Waals surface area (Å²) in [6.45, 7) is 1.72. The summed E-state index contributed by atoms with van der Waals surface area (Å²) < 4.78 is 6.87. The van der Waals surface area contributed by atoms with Crippen molar-refractivity contribution in [1.29, 1.82) is 0 Å². The zero-order valence-corrected chi connectivity index (χ0v) is 10.0. The van der Waals surface area contributed by atoms with Gasteiger partial charge in [0.2, 0.25) is 0 Å². The predicted molar refractivity (Wildman–Crippen MR) is 59.8 cm³/mol. The van der Waals surface area contributed by atoms with Crippen LogP contribution >= 0.6 is 28.1 Å². The van der Waals surface area contributed by atoms with Gasteiger partial charge < -0.3 is 9.72 Å². The van der Waals surface area contributed by atoms with Crippen LogP contribution in [0.3, 0.4) is 0 Å². The highest BCUT2D eigenvalue weighted by Gasteiger charge is 2.16. The first-order chi connectivity index (χ1) is 6.75. The molecule has 1 fully saturated rings. The minimum Gasteiger partial charge on any atom is -0.381 e. The second-order valence-corrected chi connectivity index (χ2v) is 4.70. The maximum absolute atomic E-state index is 5.31. The van der Waals surface area contributed by atoms with E-state index in [0.717, 1.165) is 36.4 Å². The third-order valence-corrected chi connectivity index (χ3v) is 3.50. The first-order valence-electron chi connectivity index (χ1n) is 4.57. The Labute approximate surface area is 96.0 Å². The molecule has 1 atom stereocenters. The van der Waals surface area contributed by atoms with Crippen LogP contribution in [0, 0.1) is 10.6 Å². The Morgan fingerprint density at radius 1 is 1.71 bits per heavy atom. The van der Waals surface area contributed by atoms with Gasteiger partial charge in [-0.1, -0.05) is 12.2 Å². The van der Waals surface area contributed by atoms with E-state index in [2.05, 4.69) is 25.9 Å². The van der Waals surface area contributed by atoms with Crippen LogP contribution in [-0.4, -0.2) is 23.2 Å². The van der Waals surface area contributed by atoms with Gasteiger partial charge >= 0.3 is 0 Å². The summed E-state index contributed by atoms with van der Waals surface area (Å²) in [5, 5.41) is 0. The molecule has 0 bridgehead atoms. The molecule has 1 aromatic heterocycles. The zero-order chi connectivity index (χ0) is 9.97. The molecule has 1 N–H and O–H groups in total. The molecule has 0 aromatic carbocycles. The number of rotatable bonds is 2. The zero-order valence-electron chi connectivity index (χ0n) is 7.62. The van der Waals surface area contributed by atoms with Crippen LogP contribution in [0.25, 0.3) is 0 Å². The number of ether oxygens (including phenoxy) is 1. The second-order valence-electron chi connectivity index (χ2n) is 3.44. The molecule has 1 aliphatic heterocycles. The molecule has 1 aromatic rings. The van der Waals surface area contributed by atoms with Gasteiger partial charge in [0.15, 0.2) is 0 Å². The molecule has 1 aliphatic rings. The Balaban J connectivity index is 2.09. The van der Waals surface area contributed by atoms with E-state index < -0.39 is 0 Å². The van der Waals surface area contributed by atoms with Gasteiger partial charge in [-0.15, -0.1) is 0 Å². The van der Waals surface area contributed by atoms with Gasteiger partial charge in [-0.05, 0) is 28.3 Å². The van der Waals surface area contributed by atoms with Crippen LogP contribution in [0.2, 0.25) is 0 Å². The van der Waals surface area contributed by atoms with Gasteiger partial charge in [-0.25, -0.2) is 4.98 Å². The average molecular weight is 275 g/mol.